The number of carbonyl (C=O) groups excluding carboxylic acids is 2. The number of hydrogen-bond acceptors (Lipinski definition) is 4. The van der Waals surface area contributed by atoms with E-state index < -0.39 is 0 Å². The third kappa shape index (κ3) is 4.89. The summed E-state index contributed by atoms with van der Waals surface area (Å²) in [5, 5.41) is 5.52. The number of nitrogens with zero attached hydrogens (tertiary/aromatic N) is 1. The zero-order valence-corrected chi connectivity index (χ0v) is 11.7. The van der Waals surface area contributed by atoms with Gasteiger partial charge in [-0.3, -0.25) is 14.6 Å². The molecule has 0 aliphatic heterocycles. The van der Waals surface area contributed by atoms with Crippen molar-refractivity contribution in [3.63, 3.8) is 0 Å². The molecule has 4 N–H and O–H groups in total. The van der Waals surface area contributed by atoms with Crippen LogP contribution in [-0.2, 0) is 4.79 Å². The van der Waals surface area contributed by atoms with Gasteiger partial charge in [0.15, 0.2) is 0 Å². The predicted molar refractivity (Wildman–Crippen MR) is 78.2 cm³/mol. The van der Waals surface area contributed by atoms with Crippen LogP contribution in [0.15, 0.2) is 18.5 Å². The summed E-state index contributed by atoms with van der Waals surface area (Å²) in [6.45, 7) is 1.08. The number of aromatic nitrogens is 1. The maximum atomic E-state index is 11.9. The van der Waals surface area contributed by atoms with E-state index in [-0.39, 0.29) is 24.3 Å². The first-order valence-corrected chi connectivity index (χ1v) is 6.90. The van der Waals surface area contributed by atoms with E-state index in [0.717, 1.165) is 12.8 Å². The Hall–Kier alpha value is -2.39. The van der Waals surface area contributed by atoms with Crippen molar-refractivity contribution in [1.82, 2.24) is 15.6 Å². The van der Waals surface area contributed by atoms with Crippen LogP contribution in [0, 0.1) is 17.8 Å². The Morgan fingerprint density at radius 2 is 2.05 bits per heavy atom. The van der Waals surface area contributed by atoms with Crippen LogP contribution in [0.4, 0.5) is 0 Å². The van der Waals surface area contributed by atoms with Gasteiger partial charge in [-0.15, -0.1) is 0 Å². The quantitative estimate of drug-likeness (QED) is 0.509. The topological polar surface area (TPSA) is 97.1 Å². The highest BCUT2D eigenvalue weighted by Crippen LogP contribution is 2.28. The lowest BCUT2D eigenvalue weighted by atomic mass is 10.2. The van der Waals surface area contributed by atoms with Crippen molar-refractivity contribution >= 4 is 11.8 Å². The second kappa shape index (κ2) is 7.41. The van der Waals surface area contributed by atoms with E-state index in [1.807, 2.05) is 0 Å². The van der Waals surface area contributed by atoms with Gasteiger partial charge in [-0.2, -0.15) is 0 Å². The standard InChI is InChI=1S/C15H18N4O2/c16-5-1-2-11-8-13(10-17-9-11)15(21)19-7-6-18-14(20)12-3-4-12/h8-10,12H,3-7,16H2,(H,18,20)(H,19,21). The summed E-state index contributed by atoms with van der Waals surface area (Å²) in [7, 11) is 0. The second-order valence-electron chi connectivity index (χ2n) is 4.79. The van der Waals surface area contributed by atoms with E-state index in [1.54, 1.807) is 12.3 Å². The summed E-state index contributed by atoms with van der Waals surface area (Å²) < 4.78 is 0. The van der Waals surface area contributed by atoms with Gasteiger partial charge in [-0.05, 0) is 18.9 Å². The fourth-order valence-corrected chi connectivity index (χ4v) is 1.74. The van der Waals surface area contributed by atoms with Gasteiger partial charge in [-0.25, -0.2) is 0 Å². The summed E-state index contributed by atoms with van der Waals surface area (Å²) in [6.07, 6.45) is 5.00. The number of rotatable bonds is 5. The van der Waals surface area contributed by atoms with E-state index in [9.17, 15) is 9.59 Å². The number of amides is 2. The zero-order valence-electron chi connectivity index (χ0n) is 11.7. The van der Waals surface area contributed by atoms with Crippen LogP contribution in [0.2, 0.25) is 0 Å². The maximum absolute atomic E-state index is 11.9. The van der Waals surface area contributed by atoms with E-state index >= 15 is 0 Å². The first kappa shape index (κ1) is 15.0. The summed E-state index contributed by atoms with van der Waals surface area (Å²) >= 11 is 0. The van der Waals surface area contributed by atoms with Crippen molar-refractivity contribution in [1.29, 1.82) is 0 Å². The molecule has 0 spiro atoms. The molecule has 21 heavy (non-hydrogen) atoms. The Morgan fingerprint density at radius 1 is 1.29 bits per heavy atom. The Morgan fingerprint density at radius 3 is 2.76 bits per heavy atom. The van der Waals surface area contributed by atoms with Gasteiger partial charge in [0.25, 0.3) is 5.91 Å². The number of nitrogens with two attached hydrogens (primary N) is 1. The maximum Gasteiger partial charge on any atom is 0.252 e. The monoisotopic (exact) mass is 286 g/mol. The van der Waals surface area contributed by atoms with Crippen molar-refractivity contribution < 1.29 is 9.59 Å². The minimum Gasteiger partial charge on any atom is -0.354 e. The minimum atomic E-state index is -0.237. The average molecular weight is 286 g/mol. The lowest BCUT2D eigenvalue weighted by molar-refractivity contribution is -0.122. The van der Waals surface area contributed by atoms with Gasteiger partial charge in [-0.1, -0.05) is 11.8 Å². The molecule has 1 heterocycles. The molecule has 0 radical (unpaired) electrons. The first-order valence-electron chi connectivity index (χ1n) is 6.90. The summed E-state index contributed by atoms with van der Waals surface area (Å²) in [5.41, 5.74) is 6.38. The molecule has 1 fully saturated rings. The molecular weight excluding hydrogens is 268 g/mol. The highest BCUT2D eigenvalue weighted by Gasteiger charge is 2.28. The largest absolute Gasteiger partial charge is 0.354 e. The van der Waals surface area contributed by atoms with E-state index in [4.69, 9.17) is 5.73 Å². The minimum absolute atomic E-state index is 0.0740. The van der Waals surface area contributed by atoms with Crippen LogP contribution in [0.1, 0.15) is 28.8 Å². The van der Waals surface area contributed by atoms with Crippen LogP contribution in [-0.4, -0.2) is 36.4 Å². The molecule has 6 nitrogen and oxygen atoms in total. The van der Waals surface area contributed by atoms with E-state index in [2.05, 4.69) is 27.5 Å². The molecule has 0 atom stereocenters. The van der Waals surface area contributed by atoms with Gasteiger partial charge in [0, 0.05) is 37.0 Å². The Labute approximate surface area is 123 Å². The fourth-order valence-electron chi connectivity index (χ4n) is 1.74. The highest BCUT2D eigenvalue weighted by molar-refractivity contribution is 5.94. The molecule has 1 aromatic rings. The van der Waals surface area contributed by atoms with Gasteiger partial charge < -0.3 is 16.4 Å². The van der Waals surface area contributed by atoms with Crippen molar-refractivity contribution in [2.24, 2.45) is 11.7 Å². The molecule has 2 rings (SSSR count). The molecule has 0 unspecified atom stereocenters. The lowest BCUT2D eigenvalue weighted by Crippen LogP contribution is -2.35. The molecule has 2 amide bonds. The molecule has 0 aromatic carbocycles. The normalized spacial score (nSPS) is 13.0. The second-order valence-corrected chi connectivity index (χ2v) is 4.79. The lowest BCUT2D eigenvalue weighted by Gasteiger charge is -2.06. The Bertz CT molecular complexity index is 585. The van der Waals surface area contributed by atoms with E-state index in [1.165, 1.54) is 6.20 Å². The van der Waals surface area contributed by atoms with Crippen LogP contribution in [0.5, 0.6) is 0 Å². The molecule has 110 valence electrons. The Balaban J connectivity index is 1.78. The van der Waals surface area contributed by atoms with Crippen LogP contribution < -0.4 is 16.4 Å². The zero-order chi connectivity index (χ0) is 15.1. The summed E-state index contributed by atoms with van der Waals surface area (Å²) in [6, 6.07) is 1.66. The van der Waals surface area contributed by atoms with Crippen molar-refractivity contribution in [2.75, 3.05) is 19.6 Å². The molecule has 1 aliphatic rings. The Kier molecular flexibility index (Phi) is 5.29. The average Bonchev–Trinajstić information content (AvgIpc) is 3.34. The SMILES string of the molecule is NCC#Cc1cncc(C(=O)NCCNC(=O)C2CC2)c1. The molecule has 0 bridgehead atoms. The number of nitrogens with one attached hydrogen (secondary N) is 2. The van der Waals surface area contributed by atoms with E-state index in [0.29, 0.717) is 24.2 Å². The predicted octanol–water partition coefficient (Wildman–Crippen LogP) is -0.352. The first-order chi connectivity index (χ1) is 10.2. The van der Waals surface area contributed by atoms with Crippen molar-refractivity contribution in [2.45, 2.75) is 12.8 Å². The summed E-state index contributed by atoms with van der Waals surface area (Å²) in [5.74, 6) is 5.56. The van der Waals surface area contributed by atoms with Crippen LogP contribution in [0.25, 0.3) is 0 Å². The van der Waals surface area contributed by atoms with Crippen LogP contribution >= 0.6 is 0 Å². The third-order valence-corrected chi connectivity index (χ3v) is 2.99. The van der Waals surface area contributed by atoms with Gasteiger partial charge >= 0.3 is 0 Å². The van der Waals surface area contributed by atoms with Crippen molar-refractivity contribution in [3.05, 3.63) is 29.6 Å². The van der Waals surface area contributed by atoms with Gasteiger partial charge in [0.05, 0.1) is 12.1 Å². The smallest absolute Gasteiger partial charge is 0.252 e. The number of hydrogen-bond donors (Lipinski definition) is 3. The molecule has 1 saturated carbocycles. The molecular formula is C15H18N4O2. The number of carbonyl (C=O) groups is 2. The third-order valence-electron chi connectivity index (χ3n) is 2.99. The van der Waals surface area contributed by atoms with Crippen molar-refractivity contribution in [3.8, 4) is 11.8 Å². The van der Waals surface area contributed by atoms with Gasteiger partial charge in [0.1, 0.15) is 0 Å². The number of pyridine rings is 1. The molecule has 0 saturated heterocycles. The summed E-state index contributed by atoms with van der Waals surface area (Å²) in [4.78, 5) is 27.3. The fraction of sp³-hybridized carbons (Fsp3) is 0.400. The highest BCUT2D eigenvalue weighted by atomic mass is 16.2. The van der Waals surface area contributed by atoms with Gasteiger partial charge in [0.2, 0.25) is 5.91 Å². The van der Waals surface area contributed by atoms with Crippen LogP contribution in [0.3, 0.4) is 0 Å². The molecule has 1 aromatic heterocycles. The molecule has 1 aliphatic carbocycles. The molecule has 6 heteroatoms.